The zero-order valence-electron chi connectivity index (χ0n) is 11.2. The summed E-state index contributed by atoms with van der Waals surface area (Å²) in [5.41, 5.74) is 0.646. The van der Waals surface area contributed by atoms with Crippen LogP contribution in [-0.4, -0.2) is 46.5 Å². The van der Waals surface area contributed by atoms with E-state index in [2.05, 4.69) is 0 Å². The van der Waals surface area contributed by atoms with Crippen molar-refractivity contribution in [3.63, 3.8) is 0 Å². The molecular formula is C14H15NO5. The fourth-order valence-corrected chi connectivity index (χ4v) is 2.09. The second kappa shape index (κ2) is 5.42. The van der Waals surface area contributed by atoms with Gasteiger partial charge in [0.2, 0.25) is 0 Å². The third kappa shape index (κ3) is 2.42. The molecule has 106 valence electrons. The SMILES string of the molecule is CC(=O)OC[C@H](O)[C@H](C)N1C(=O)c2ccccc2C1=O. The first kappa shape index (κ1) is 14.2. The van der Waals surface area contributed by atoms with Crippen molar-refractivity contribution >= 4 is 17.8 Å². The van der Waals surface area contributed by atoms with Crippen molar-refractivity contribution in [2.24, 2.45) is 0 Å². The largest absolute Gasteiger partial charge is 0.463 e. The van der Waals surface area contributed by atoms with E-state index in [4.69, 9.17) is 4.74 Å². The number of esters is 1. The van der Waals surface area contributed by atoms with Crippen molar-refractivity contribution in [3.8, 4) is 0 Å². The Bertz CT molecular complexity index is 533. The fraction of sp³-hybridized carbons (Fsp3) is 0.357. The molecule has 0 bridgehead atoms. The summed E-state index contributed by atoms with van der Waals surface area (Å²) in [6.07, 6.45) is -1.12. The summed E-state index contributed by atoms with van der Waals surface area (Å²) in [5.74, 6) is -1.42. The Hall–Kier alpha value is -2.21. The Morgan fingerprint density at radius 1 is 1.25 bits per heavy atom. The molecule has 1 N–H and O–H groups in total. The number of ether oxygens (including phenoxy) is 1. The summed E-state index contributed by atoms with van der Waals surface area (Å²) in [4.78, 5) is 36.1. The lowest BCUT2D eigenvalue weighted by Crippen LogP contribution is -2.46. The van der Waals surface area contributed by atoms with E-state index in [1.807, 2.05) is 0 Å². The highest BCUT2D eigenvalue weighted by atomic mass is 16.5. The molecule has 6 nitrogen and oxygen atoms in total. The van der Waals surface area contributed by atoms with Crippen molar-refractivity contribution in [2.45, 2.75) is 26.0 Å². The van der Waals surface area contributed by atoms with Gasteiger partial charge in [-0.1, -0.05) is 12.1 Å². The fourth-order valence-electron chi connectivity index (χ4n) is 2.09. The van der Waals surface area contributed by atoms with Gasteiger partial charge in [0.15, 0.2) is 0 Å². The summed E-state index contributed by atoms with van der Waals surface area (Å²) in [6.45, 7) is 2.50. The van der Waals surface area contributed by atoms with Crippen molar-refractivity contribution in [1.29, 1.82) is 0 Å². The van der Waals surface area contributed by atoms with E-state index in [1.165, 1.54) is 13.8 Å². The average molecular weight is 277 g/mol. The molecule has 2 rings (SSSR count). The van der Waals surface area contributed by atoms with Gasteiger partial charge in [0.25, 0.3) is 11.8 Å². The molecule has 0 aromatic heterocycles. The summed E-state index contributed by atoms with van der Waals surface area (Å²) < 4.78 is 4.69. The van der Waals surface area contributed by atoms with Gasteiger partial charge in [0.1, 0.15) is 12.7 Å². The van der Waals surface area contributed by atoms with E-state index in [1.54, 1.807) is 24.3 Å². The molecule has 0 spiro atoms. The maximum absolute atomic E-state index is 12.2. The Morgan fingerprint density at radius 2 is 1.75 bits per heavy atom. The lowest BCUT2D eigenvalue weighted by molar-refractivity contribution is -0.144. The van der Waals surface area contributed by atoms with E-state index in [9.17, 15) is 19.5 Å². The Labute approximate surface area is 115 Å². The van der Waals surface area contributed by atoms with Crippen molar-refractivity contribution in [1.82, 2.24) is 4.90 Å². The zero-order chi connectivity index (χ0) is 14.9. The normalized spacial score (nSPS) is 16.9. The van der Waals surface area contributed by atoms with Gasteiger partial charge in [-0.2, -0.15) is 0 Å². The molecular weight excluding hydrogens is 262 g/mol. The van der Waals surface area contributed by atoms with Crippen LogP contribution in [0.4, 0.5) is 0 Å². The zero-order valence-corrected chi connectivity index (χ0v) is 11.2. The number of carbonyl (C=O) groups is 3. The predicted octanol–water partition coefficient (Wildman–Crippen LogP) is 0.595. The first-order valence-electron chi connectivity index (χ1n) is 6.22. The molecule has 0 aliphatic carbocycles. The van der Waals surface area contributed by atoms with Crippen LogP contribution < -0.4 is 0 Å². The highest BCUT2D eigenvalue weighted by Crippen LogP contribution is 2.25. The molecule has 1 aliphatic rings. The number of nitrogens with zero attached hydrogens (tertiary/aromatic N) is 1. The topological polar surface area (TPSA) is 83.9 Å². The number of fused-ring (bicyclic) bond motifs is 1. The van der Waals surface area contributed by atoms with Crippen LogP contribution in [0, 0.1) is 0 Å². The van der Waals surface area contributed by atoms with Gasteiger partial charge in [-0.05, 0) is 19.1 Å². The molecule has 20 heavy (non-hydrogen) atoms. The first-order valence-corrected chi connectivity index (χ1v) is 6.22. The number of hydrogen-bond acceptors (Lipinski definition) is 5. The van der Waals surface area contributed by atoms with Gasteiger partial charge < -0.3 is 9.84 Å². The number of rotatable bonds is 4. The van der Waals surface area contributed by atoms with E-state index in [0.29, 0.717) is 11.1 Å². The molecule has 0 saturated carbocycles. The number of carbonyl (C=O) groups excluding carboxylic acids is 3. The van der Waals surface area contributed by atoms with Crippen LogP contribution in [0.2, 0.25) is 0 Å². The highest BCUT2D eigenvalue weighted by molar-refractivity contribution is 6.21. The molecule has 1 heterocycles. The smallest absolute Gasteiger partial charge is 0.302 e. The Morgan fingerprint density at radius 3 is 2.20 bits per heavy atom. The summed E-state index contributed by atoms with van der Waals surface area (Å²) >= 11 is 0. The molecule has 1 aromatic rings. The molecule has 1 aromatic carbocycles. The third-order valence-corrected chi connectivity index (χ3v) is 3.25. The van der Waals surface area contributed by atoms with Gasteiger partial charge in [0.05, 0.1) is 17.2 Å². The average Bonchev–Trinajstić information content (AvgIpc) is 2.68. The van der Waals surface area contributed by atoms with Gasteiger partial charge in [-0.25, -0.2) is 0 Å². The molecule has 2 amide bonds. The number of imide groups is 1. The second-order valence-corrected chi connectivity index (χ2v) is 4.64. The lowest BCUT2D eigenvalue weighted by Gasteiger charge is -2.26. The molecule has 2 atom stereocenters. The third-order valence-electron chi connectivity index (χ3n) is 3.25. The summed E-state index contributed by atoms with van der Waals surface area (Å²) in [5, 5.41) is 9.92. The van der Waals surface area contributed by atoms with Crippen LogP contribution in [0.25, 0.3) is 0 Å². The number of aliphatic hydroxyl groups excluding tert-OH is 1. The van der Waals surface area contributed by atoms with Crippen molar-refractivity contribution in [2.75, 3.05) is 6.61 Å². The summed E-state index contributed by atoms with van der Waals surface area (Å²) in [7, 11) is 0. The number of aliphatic hydroxyl groups is 1. The highest BCUT2D eigenvalue weighted by Gasteiger charge is 2.40. The molecule has 0 radical (unpaired) electrons. The molecule has 0 unspecified atom stereocenters. The van der Waals surface area contributed by atoms with Crippen molar-refractivity contribution < 1.29 is 24.2 Å². The number of amides is 2. The van der Waals surface area contributed by atoms with Gasteiger partial charge in [-0.3, -0.25) is 19.3 Å². The molecule has 0 saturated heterocycles. The van der Waals surface area contributed by atoms with E-state index in [-0.39, 0.29) is 6.61 Å². The van der Waals surface area contributed by atoms with E-state index >= 15 is 0 Å². The minimum absolute atomic E-state index is 0.260. The predicted molar refractivity (Wildman–Crippen MR) is 69.0 cm³/mol. The van der Waals surface area contributed by atoms with Crippen LogP contribution in [0.5, 0.6) is 0 Å². The van der Waals surface area contributed by atoms with Crippen LogP contribution in [-0.2, 0) is 9.53 Å². The quantitative estimate of drug-likeness (QED) is 0.643. The maximum Gasteiger partial charge on any atom is 0.302 e. The van der Waals surface area contributed by atoms with Crippen molar-refractivity contribution in [3.05, 3.63) is 35.4 Å². The molecule has 1 aliphatic heterocycles. The monoisotopic (exact) mass is 277 g/mol. The van der Waals surface area contributed by atoms with Gasteiger partial charge in [-0.15, -0.1) is 0 Å². The minimum atomic E-state index is -1.12. The second-order valence-electron chi connectivity index (χ2n) is 4.64. The Balaban J connectivity index is 2.16. The van der Waals surface area contributed by atoms with Crippen LogP contribution in [0.15, 0.2) is 24.3 Å². The maximum atomic E-state index is 12.2. The number of benzene rings is 1. The van der Waals surface area contributed by atoms with E-state index in [0.717, 1.165) is 4.90 Å². The standard InChI is InChI=1S/C14H15NO5/c1-8(12(17)7-20-9(2)16)15-13(18)10-5-3-4-6-11(10)14(15)19/h3-6,8,12,17H,7H2,1-2H3/t8-,12-/m0/s1. The minimum Gasteiger partial charge on any atom is -0.463 e. The first-order chi connectivity index (χ1) is 9.43. The molecule has 0 fully saturated rings. The Kier molecular flexibility index (Phi) is 3.85. The summed E-state index contributed by atoms with van der Waals surface area (Å²) in [6, 6.07) is 5.71. The van der Waals surface area contributed by atoms with E-state index < -0.39 is 29.9 Å². The number of hydrogen-bond donors (Lipinski definition) is 1. The van der Waals surface area contributed by atoms with Crippen LogP contribution in [0.1, 0.15) is 34.6 Å². The lowest BCUT2D eigenvalue weighted by atomic mass is 10.1. The van der Waals surface area contributed by atoms with Crippen LogP contribution in [0.3, 0.4) is 0 Å². The van der Waals surface area contributed by atoms with Gasteiger partial charge in [0, 0.05) is 6.92 Å². The van der Waals surface area contributed by atoms with Gasteiger partial charge >= 0.3 is 5.97 Å². The molecule has 6 heteroatoms. The van der Waals surface area contributed by atoms with Crippen LogP contribution >= 0.6 is 0 Å².